The van der Waals surface area contributed by atoms with Crippen LogP contribution in [-0.2, 0) is 17.1 Å². The second kappa shape index (κ2) is 6.81. The third-order valence-electron chi connectivity index (χ3n) is 3.03. The highest BCUT2D eigenvalue weighted by Gasteiger charge is 2.12. The molecule has 0 saturated carbocycles. The zero-order valence-electron chi connectivity index (χ0n) is 12.5. The maximum atomic E-state index is 12.4. The molecule has 0 bridgehead atoms. The number of hydrogen-bond donors (Lipinski definition) is 1. The number of nitrogens with one attached hydrogen (secondary N) is 1. The van der Waals surface area contributed by atoms with Gasteiger partial charge in [-0.15, -0.1) is 22.7 Å². The Morgan fingerprint density at radius 2 is 2.22 bits per heavy atom. The minimum Gasteiger partial charge on any atom is -0.302 e. The molecule has 1 N–H and O–H groups in total. The van der Waals surface area contributed by atoms with E-state index in [2.05, 4.69) is 15.3 Å². The van der Waals surface area contributed by atoms with Gasteiger partial charge >= 0.3 is 0 Å². The minimum atomic E-state index is -0.136. The smallest absolute Gasteiger partial charge is 0.272 e. The van der Waals surface area contributed by atoms with Crippen LogP contribution < -0.4 is 10.9 Å². The van der Waals surface area contributed by atoms with Gasteiger partial charge in [-0.3, -0.25) is 14.2 Å². The maximum Gasteiger partial charge on any atom is 0.272 e. The molecular weight excluding hydrogens is 352 g/mol. The number of amides is 1. The van der Waals surface area contributed by atoms with E-state index in [1.807, 2.05) is 23.8 Å². The van der Waals surface area contributed by atoms with Crippen LogP contribution in [0.25, 0.3) is 10.2 Å². The fourth-order valence-corrected chi connectivity index (χ4v) is 4.63. The molecule has 0 unspecified atom stereocenters. The highest BCUT2D eigenvalue weighted by molar-refractivity contribution is 7.98. The first kappa shape index (κ1) is 16.2. The van der Waals surface area contributed by atoms with Gasteiger partial charge in [0.15, 0.2) is 10.3 Å². The molecule has 1 amide bonds. The van der Waals surface area contributed by atoms with Crippen LogP contribution in [0.5, 0.6) is 0 Å². The number of aromatic nitrogens is 3. The zero-order valence-corrected chi connectivity index (χ0v) is 15.0. The number of rotatable bonds is 5. The molecular formula is C14H14N4O2S3. The summed E-state index contributed by atoms with van der Waals surface area (Å²) in [5, 5.41) is 7.72. The molecule has 0 aromatic carbocycles. The van der Waals surface area contributed by atoms with Crippen LogP contribution in [-0.4, -0.2) is 20.4 Å². The molecule has 0 radical (unpaired) electrons. The predicted octanol–water partition coefficient (Wildman–Crippen LogP) is 3.19. The summed E-state index contributed by atoms with van der Waals surface area (Å²) in [5.41, 5.74) is 1.60. The lowest BCUT2D eigenvalue weighted by molar-refractivity contribution is -0.114. The third kappa shape index (κ3) is 3.46. The van der Waals surface area contributed by atoms with Crippen LogP contribution in [0.3, 0.4) is 0 Å². The SMILES string of the molecule is CCn1c(SCc2csc(NC(C)=O)n2)nc2ccsc2c1=O. The van der Waals surface area contributed by atoms with E-state index < -0.39 is 0 Å². The topological polar surface area (TPSA) is 76.9 Å². The lowest BCUT2D eigenvalue weighted by Crippen LogP contribution is -2.21. The van der Waals surface area contributed by atoms with Crippen LogP contribution in [0.15, 0.2) is 26.8 Å². The van der Waals surface area contributed by atoms with E-state index in [0.717, 1.165) is 11.2 Å². The molecule has 120 valence electrons. The van der Waals surface area contributed by atoms with E-state index in [-0.39, 0.29) is 11.5 Å². The number of anilines is 1. The molecule has 3 aromatic rings. The van der Waals surface area contributed by atoms with Gasteiger partial charge in [0.25, 0.3) is 5.56 Å². The van der Waals surface area contributed by atoms with Crippen molar-refractivity contribution in [3.8, 4) is 0 Å². The van der Waals surface area contributed by atoms with Gasteiger partial charge in [-0.2, -0.15) is 0 Å². The van der Waals surface area contributed by atoms with Crippen molar-refractivity contribution in [2.45, 2.75) is 31.3 Å². The molecule has 3 aromatic heterocycles. The molecule has 0 fully saturated rings. The summed E-state index contributed by atoms with van der Waals surface area (Å²) in [6, 6.07) is 1.86. The summed E-state index contributed by atoms with van der Waals surface area (Å²) >= 11 is 4.28. The van der Waals surface area contributed by atoms with E-state index in [0.29, 0.717) is 27.3 Å². The summed E-state index contributed by atoms with van der Waals surface area (Å²) in [5.74, 6) is 0.459. The van der Waals surface area contributed by atoms with Crippen LogP contribution in [0, 0.1) is 0 Å². The van der Waals surface area contributed by atoms with Crippen LogP contribution in [0.4, 0.5) is 5.13 Å². The van der Waals surface area contributed by atoms with Crippen molar-refractivity contribution in [2.24, 2.45) is 0 Å². The zero-order chi connectivity index (χ0) is 16.4. The van der Waals surface area contributed by atoms with Crippen molar-refractivity contribution in [2.75, 3.05) is 5.32 Å². The molecule has 3 heterocycles. The van der Waals surface area contributed by atoms with Gasteiger partial charge in [0.2, 0.25) is 5.91 Å². The van der Waals surface area contributed by atoms with Crippen molar-refractivity contribution in [3.05, 3.63) is 32.9 Å². The van der Waals surface area contributed by atoms with Gasteiger partial charge in [-0.25, -0.2) is 9.97 Å². The van der Waals surface area contributed by atoms with Crippen molar-refractivity contribution in [1.82, 2.24) is 14.5 Å². The Kier molecular flexibility index (Phi) is 4.79. The van der Waals surface area contributed by atoms with E-state index in [4.69, 9.17) is 0 Å². The fourth-order valence-electron chi connectivity index (χ4n) is 2.03. The number of thiophene rings is 1. The molecule has 0 aliphatic heterocycles. The first-order valence-corrected chi connectivity index (χ1v) is 9.65. The Labute approximate surface area is 144 Å². The van der Waals surface area contributed by atoms with Crippen LogP contribution in [0.2, 0.25) is 0 Å². The number of nitrogens with zero attached hydrogens (tertiary/aromatic N) is 3. The Morgan fingerprint density at radius 1 is 1.39 bits per heavy atom. The molecule has 0 aliphatic carbocycles. The molecule has 9 heteroatoms. The number of fused-ring (bicyclic) bond motifs is 1. The van der Waals surface area contributed by atoms with Crippen LogP contribution in [0.1, 0.15) is 19.5 Å². The van der Waals surface area contributed by atoms with Gasteiger partial charge in [0, 0.05) is 24.6 Å². The molecule has 6 nitrogen and oxygen atoms in total. The molecule has 23 heavy (non-hydrogen) atoms. The number of hydrogen-bond acceptors (Lipinski definition) is 7. The largest absolute Gasteiger partial charge is 0.302 e. The van der Waals surface area contributed by atoms with E-state index in [1.54, 1.807) is 4.57 Å². The Morgan fingerprint density at radius 3 is 2.96 bits per heavy atom. The summed E-state index contributed by atoms with van der Waals surface area (Å²) < 4.78 is 2.38. The second-order valence-electron chi connectivity index (χ2n) is 4.69. The third-order valence-corrected chi connectivity index (χ3v) is 5.74. The van der Waals surface area contributed by atoms with Gasteiger partial charge in [0.1, 0.15) is 4.70 Å². The lowest BCUT2D eigenvalue weighted by Gasteiger charge is -2.08. The number of thioether (sulfide) groups is 1. The first-order valence-electron chi connectivity index (χ1n) is 6.91. The molecule has 0 spiro atoms. The summed E-state index contributed by atoms with van der Waals surface area (Å²) in [6.07, 6.45) is 0. The van der Waals surface area contributed by atoms with E-state index in [9.17, 15) is 9.59 Å². The molecule has 3 rings (SSSR count). The molecule has 0 saturated heterocycles. The first-order chi connectivity index (χ1) is 11.1. The highest BCUT2D eigenvalue weighted by Crippen LogP contribution is 2.25. The Bertz CT molecular complexity index is 912. The van der Waals surface area contributed by atoms with Crippen molar-refractivity contribution >= 4 is 55.7 Å². The van der Waals surface area contributed by atoms with E-state index >= 15 is 0 Å². The fraction of sp³-hybridized carbons (Fsp3) is 0.286. The molecule has 0 aliphatic rings. The van der Waals surface area contributed by atoms with E-state index in [1.165, 1.54) is 41.4 Å². The number of thiazole rings is 1. The van der Waals surface area contributed by atoms with Gasteiger partial charge < -0.3 is 5.32 Å². The summed E-state index contributed by atoms with van der Waals surface area (Å²) in [6.45, 7) is 3.97. The lowest BCUT2D eigenvalue weighted by atomic mass is 10.5. The summed E-state index contributed by atoms with van der Waals surface area (Å²) in [4.78, 5) is 32.4. The monoisotopic (exact) mass is 366 g/mol. The van der Waals surface area contributed by atoms with Crippen LogP contribution >= 0.6 is 34.4 Å². The standard InChI is InChI=1S/C14H14N4O2S3/c1-3-18-12(20)11-10(4-5-21-11)17-14(18)23-7-9-6-22-13(16-9)15-8(2)19/h4-6H,3,7H2,1-2H3,(H,15,16,19). The van der Waals surface area contributed by atoms with Gasteiger partial charge in [0.05, 0.1) is 11.2 Å². The van der Waals surface area contributed by atoms with Gasteiger partial charge in [-0.1, -0.05) is 11.8 Å². The van der Waals surface area contributed by atoms with Crippen molar-refractivity contribution in [3.63, 3.8) is 0 Å². The maximum absolute atomic E-state index is 12.4. The average Bonchev–Trinajstić information content (AvgIpc) is 3.13. The Balaban J connectivity index is 1.82. The van der Waals surface area contributed by atoms with Crippen molar-refractivity contribution in [1.29, 1.82) is 0 Å². The number of carbonyl (C=O) groups excluding carboxylic acids is 1. The highest BCUT2D eigenvalue weighted by atomic mass is 32.2. The minimum absolute atomic E-state index is 0.00668. The van der Waals surface area contributed by atoms with Crippen molar-refractivity contribution < 1.29 is 4.79 Å². The second-order valence-corrected chi connectivity index (χ2v) is 7.41. The summed E-state index contributed by atoms with van der Waals surface area (Å²) in [7, 11) is 0. The Hall–Kier alpha value is -1.71. The molecule has 0 atom stereocenters. The number of carbonyl (C=O) groups is 1. The average molecular weight is 366 g/mol. The predicted molar refractivity (Wildman–Crippen MR) is 95.5 cm³/mol. The van der Waals surface area contributed by atoms with Gasteiger partial charge in [-0.05, 0) is 18.4 Å². The normalized spacial score (nSPS) is 11.0. The quantitative estimate of drug-likeness (QED) is 0.554.